The van der Waals surface area contributed by atoms with Gasteiger partial charge in [0, 0.05) is 12.8 Å². The molecule has 0 N–H and O–H groups in total. The lowest BCUT2D eigenvalue weighted by Gasteiger charge is -2.11. The number of hydrogen-bond donors (Lipinski definition) is 0. The molecule has 0 radical (unpaired) electrons. The van der Waals surface area contributed by atoms with E-state index in [4.69, 9.17) is 4.74 Å². The van der Waals surface area contributed by atoms with Crippen molar-refractivity contribution in [2.75, 3.05) is 0 Å². The SMILES string of the molecule is C=CCC1CCCCC(=O)O1. The summed E-state index contributed by atoms with van der Waals surface area (Å²) in [5, 5.41) is 0. The van der Waals surface area contributed by atoms with E-state index in [2.05, 4.69) is 6.58 Å². The van der Waals surface area contributed by atoms with Crippen LogP contribution in [0.15, 0.2) is 12.7 Å². The molecule has 1 saturated heterocycles. The summed E-state index contributed by atoms with van der Waals surface area (Å²) in [6.45, 7) is 3.62. The molecule has 0 aromatic carbocycles. The standard InChI is InChI=1S/C9H14O2/c1-2-5-8-6-3-4-7-9(10)11-8/h2,8H,1,3-7H2. The number of esters is 1. The lowest BCUT2D eigenvalue weighted by Crippen LogP contribution is -2.13. The Morgan fingerprint density at radius 2 is 2.45 bits per heavy atom. The van der Waals surface area contributed by atoms with Crippen molar-refractivity contribution in [1.29, 1.82) is 0 Å². The molecule has 1 aliphatic rings. The molecule has 1 unspecified atom stereocenters. The molecule has 2 heteroatoms. The Morgan fingerprint density at radius 3 is 3.18 bits per heavy atom. The highest BCUT2D eigenvalue weighted by Gasteiger charge is 2.16. The summed E-state index contributed by atoms with van der Waals surface area (Å²) in [7, 11) is 0. The molecule has 2 nitrogen and oxygen atoms in total. The van der Waals surface area contributed by atoms with E-state index in [9.17, 15) is 4.79 Å². The number of hydrogen-bond acceptors (Lipinski definition) is 2. The van der Waals surface area contributed by atoms with Gasteiger partial charge in [-0.1, -0.05) is 6.08 Å². The highest BCUT2D eigenvalue weighted by Crippen LogP contribution is 2.16. The zero-order chi connectivity index (χ0) is 8.10. The summed E-state index contributed by atoms with van der Waals surface area (Å²) in [5.41, 5.74) is 0. The minimum absolute atomic E-state index is 0.0469. The normalized spacial score (nSPS) is 25.5. The Labute approximate surface area is 67.2 Å². The largest absolute Gasteiger partial charge is 0.462 e. The Balaban J connectivity index is 2.38. The van der Waals surface area contributed by atoms with Crippen molar-refractivity contribution < 1.29 is 9.53 Å². The van der Waals surface area contributed by atoms with E-state index < -0.39 is 0 Å². The summed E-state index contributed by atoms with van der Waals surface area (Å²) in [5.74, 6) is -0.0469. The van der Waals surface area contributed by atoms with Crippen LogP contribution in [-0.2, 0) is 9.53 Å². The van der Waals surface area contributed by atoms with Gasteiger partial charge in [-0.2, -0.15) is 0 Å². The van der Waals surface area contributed by atoms with Gasteiger partial charge >= 0.3 is 5.97 Å². The van der Waals surface area contributed by atoms with E-state index in [0.29, 0.717) is 6.42 Å². The summed E-state index contributed by atoms with van der Waals surface area (Å²) < 4.78 is 5.14. The highest BCUT2D eigenvalue weighted by molar-refractivity contribution is 5.69. The van der Waals surface area contributed by atoms with E-state index in [1.54, 1.807) is 0 Å². The average molecular weight is 154 g/mol. The monoisotopic (exact) mass is 154 g/mol. The van der Waals surface area contributed by atoms with Gasteiger partial charge in [-0.15, -0.1) is 6.58 Å². The fraction of sp³-hybridized carbons (Fsp3) is 0.667. The molecular weight excluding hydrogens is 140 g/mol. The van der Waals surface area contributed by atoms with Crippen LogP contribution in [-0.4, -0.2) is 12.1 Å². The number of cyclic esters (lactones) is 1. The third kappa shape index (κ3) is 2.74. The lowest BCUT2D eigenvalue weighted by atomic mass is 10.1. The van der Waals surface area contributed by atoms with Crippen LogP contribution in [0.2, 0.25) is 0 Å². The topological polar surface area (TPSA) is 26.3 Å². The number of rotatable bonds is 2. The van der Waals surface area contributed by atoms with Crippen molar-refractivity contribution in [2.45, 2.75) is 38.2 Å². The number of ether oxygens (including phenoxy) is 1. The Hall–Kier alpha value is -0.790. The highest BCUT2D eigenvalue weighted by atomic mass is 16.5. The molecule has 0 amide bonds. The molecular formula is C9H14O2. The van der Waals surface area contributed by atoms with Gasteiger partial charge in [-0.3, -0.25) is 4.79 Å². The molecule has 0 bridgehead atoms. The van der Waals surface area contributed by atoms with Crippen molar-refractivity contribution in [1.82, 2.24) is 0 Å². The second kappa shape index (κ2) is 4.16. The zero-order valence-corrected chi connectivity index (χ0v) is 6.71. The van der Waals surface area contributed by atoms with Crippen LogP contribution < -0.4 is 0 Å². The van der Waals surface area contributed by atoms with Crippen molar-refractivity contribution in [3.63, 3.8) is 0 Å². The maximum absolute atomic E-state index is 10.9. The van der Waals surface area contributed by atoms with E-state index in [-0.39, 0.29) is 12.1 Å². The zero-order valence-electron chi connectivity index (χ0n) is 6.71. The van der Waals surface area contributed by atoms with Crippen molar-refractivity contribution in [2.24, 2.45) is 0 Å². The van der Waals surface area contributed by atoms with Gasteiger partial charge in [0.05, 0.1) is 0 Å². The van der Waals surface area contributed by atoms with Crippen LogP contribution in [0, 0.1) is 0 Å². The maximum Gasteiger partial charge on any atom is 0.306 e. The lowest BCUT2D eigenvalue weighted by molar-refractivity contribution is -0.147. The summed E-state index contributed by atoms with van der Waals surface area (Å²) in [4.78, 5) is 10.9. The molecule has 0 aromatic rings. The molecule has 0 aliphatic carbocycles. The van der Waals surface area contributed by atoms with E-state index >= 15 is 0 Å². The van der Waals surface area contributed by atoms with Gasteiger partial charge in [-0.25, -0.2) is 0 Å². The van der Waals surface area contributed by atoms with Crippen LogP contribution in [0.4, 0.5) is 0 Å². The first-order valence-corrected chi connectivity index (χ1v) is 4.13. The fourth-order valence-electron chi connectivity index (χ4n) is 1.30. The Kier molecular flexibility index (Phi) is 3.14. The van der Waals surface area contributed by atoms with Crippen LogP contribution in [0.25, 0.3) is 0 Å². The summed E-state index contributed by atoms with van der Waals surface area (Å²) in [6.07, 6.45) is 6.37. The Morgan fingerprint density at radius 1 is 1.64 bits per heavy atom. The van der Waals surface area contributed by atoms with Gasteiger partial charge < -0.3 is 4.74 Å². The first-order chi connectivity index (χ1) is 5.33. The quantitative estimate of drug-likeness (QED) is 0.449. The van der Waals surface area contributed by atoms with Gasteiger partial charge in [0.1, 0.15) is 6.10 Å². The van der Waals surface area contributed by atoms with Gasteiger partial charge in [-0.05, 0) is 19.3 Å². The van der Waals surface area contributed by atoms with Gasteiger partial charge in [0.15, 0.2) is 0 Å². The molecule has 0 aromatic heterocycles. The van der Waals surface area contributed by atoms with E-state index in [0.717, 1.165) is 25.7 Å². The third-order valence-corrected chi connectivity index (χ3v) is 1.88. The molecule has 1 aliphatic heterocycles. The van der Waals surface area contributed by atoms with Crippen LogP contribution in [0.1, 0.15) is 32.1 Å². The second-order valence-corrected chi connectivity index (χ2v) is 2.88. The Bertz CT molecular complexity index is 152. The summed E-state index contributed by atoms with van der Waals surface area (Å²) >= 11 is 0. The van der Waals surface area contributed by atoms with Crippen molar-refractivity contribution in [3.05, 3.63) is 12.7 Å². The predicted octanol–water partition coefficient (Wildman–Crippen LogP) is 2.05. The van der Waals surface area contributed by atoms with Gasteiger partial charge in [0.25, 0.3) is 0 Å². The van der Waals surface area contributed by atoms with E-state index in [1.165, 1.54) is 0 Å². The van der Waals surface area contributed by atoms with Crippen molar-refractivity contribution >= 4 is 5.97 Å². The number of carbonyl (C=O) groups is 1. The first kappa shape index (κ1) is 8.31. The predicted molar refractivity (Wildman–Crippen MR) is 43.2 cm³/mol. The molecule has 1 rings (SSSR count). The van der Waals surface area contributed by atoms with Crippen LogP contribution in [0.5, 0.6) is 0 Å². The molecule has 0 spiro atoms. The molecule has 1 fully saturated rings. The smallest absolute Gasteiger partial charge is 0.306 e. The fourth-order valence-corrected chi connectivity index (χ4v) is 1.30. The van der Waals surface area contributed by atoms with E-state index in [1.807, 2.05) is 6.08 Å². The minimum Gasteiger partial charge on any atom is -0.462 e. The summed E-state index contributed by atoms with van der Waals surface area (Å²) in [6, 6.07) is 0. The van der Waals surface area contributed by atoms with Gasteiger partial charge in [0.2, 0.25) is 0 Å². The maximum atomic E-state index is 10.9. The molecule has 11 heavy (non-hydrogen) atoms. The molecule has 1 heterocycles. The second-order valence-electron chi connectivity index (χ2n) is 2.88. The molecule has 62 valence electrons. The molecule has 1 atom stereocenters. The minimum atomic E-state index is -0.0469. The van der Waals surface area contributed by atoms with Crippen LogP contribution >= 0.6 is 0 Å². The average Bonchev–Trinajstić information content (AvgIpc) is 2.15. The van der Waals surface area contributed by atoms with Crippen molar-refractivity contribution in [3.8, 4) is 0 Å². The first-order valence-electron chi connectivity index (χ1n) is 4.13. The third-order valence-electron chi connectivity index (χ3n) is 1.88. The number of carbonyl (C=O) groups excluding carboxylic acids is 1. The molecule has 0 saturated carbocycles. The van der Waals surface area contributed by atoms with Crippen LogP contribution in [0.3, 0.4) is 0 Å².